The number of hydrogen-bond acceptors (Lipinski definition) is 2. The Morgan fingerprint density at radius 3 is 2.40 bits per heavy atom. The van der Waals surface area contributed by atoms with Crippen LogP contribution in [-0.4, -0.2) is 24.2 Å². The lowest BCUT2D eigenvalue weighted by molar-refractivity contribution is 0.148. The fraction of sp³-hybridized carbons (Fsp3) is 1.00. The van der Waals surface area contributed by atoms with Gasteiger partial charge in [-0.05, 0) is 52.0 Å². The predicted octanol–water partition coefficient (Wildman–Crippen LogP) is 2.44. The molecule has 0 spiro atoms. The number of piperidine rings is 1. The summed E-state index contributed by atoms with van der Waals surface area (Å²) in [6.07, 6.45) is 9.58. The van der Waals surface area contributed by atoms with Crippen LogP contribution in [0.1, 0.15) is 58.8 Å². The van der Waals surface area contributed by atoms with E-state index in [0.717, 1.165) is 6.54 Å². The van der Waals surface area contributed by atoms with Crippen molar-refractivity contribution < 1.29 is 0 Å². The maximum absolute atomic E-state index is 3.83. The SMILES string of the molecule is CCC1(NCC2(C)CCCCN2)CCC1. The van der Waals surface area contributed by atoms with Crippen molar-refractivity contribution in [2.75, 3.05) is 13.1 Å². The molecule has 2 aliphatic rings. The van der Waals surface area contributed by atoms with Crippen LogP contribution in [0.3, 0.4) is 0 Å². The van der Waals surface area contributed by atoms with Crippen molar-refractivity contribution in [3.8, 4) is 0 Å². The lowest BCUT2D eigenvalue weighted by atomic mass is 9.74. The Kier molecular flexibility index (Phi) is 3.36. The number of nitrogens with one attached hydrogen (secondary N) is 2. The van der Waals surface area contributed by atoms with Crippen molar-refractivity contribution >= 4 is 0 Å². The van der Waals surface area contributed by atoms with Crippen molar-refractivity contribution in [2.24, 2.45) is 0 Å². The van der Waals surface area contributed by atoms with E-state index in [1.807, 2.05) is 0 Å². The number of hydrogen-bond donors (Lipinski definition) is 2. The fourth-order valence-electron chi connectivity index (χ4n) is 2.91. The molecule has 0 aromatic carbocycles. The molecule has 0 amide bonds. The van der Waals surface area contributed by atoms with Crippen LogP contribution in [-0.2, 0) is 0 Å². The Bertz CT molecular complexity index is 197. The van der Waals surface area contributed by atoms with E-state index < -0.39 is 0 Å². The molecule has 2 fully saturated rings. The molecule has 2 heteroatoms. The number of rotatable bonds is 4. The van der Waals surface area contributed by atoms with Gasteiger partial charge in [-0.25, -0.2) is 0 Å². The maximum atomic E-state index is 3.83. The van der Waals surface area contributed by atoms with E-state index in [1.165, 1.54) is 51.5 Å². The summed E-state index contributed by atoms with van der Waals surface area (Å²) in [6.45, 7) is 7.06. The highest BCUT2D eigenvalue weighted by molar-refractivity contribution is 4.98. The van der Waals surface area contributed by atoms with Gasteiger partial charge in [0.15, 0.2) is 0 Å². The van der Waals surface area contributed by atoms with E-state index in [2.05, 4.69) is 24.5 Å². The Labute approximate surface area is 94.2 Å². The normalized spacial score (nSPS) is 34.8. The van der Waals surface area contributed by atoms with Crippen LogP contribution in [0.2, 0.25) is 0 Å². The van der Waals surface area contributed by atoms with Gasteiger partial charge in [-0.1, -0.05) is 13.3 Å². The van der Waals surface area contributed by atoms with Gasteiger partial charge in [-0.2, -0.15) is 0 Å². The van der Waals surface area contributed by atoms with Crippen molar-refractivity contribution in [3.05, 3.63) is 0 Å². The second-order valence-electron chi connectivity index (χ2n) is 5.79. The Morgan fingerprint density at radius 1 is 1.13 bits per heavy atom. The molecule has 1 atom stereocenters. The van der Waals surface area contributed by atoms with Gasteiger partial charge >= 0.3 is 0 Å². The van der Waals surface area contributed by atoms with Crippen LogP contribution < -0.4 is 10.6 Å². The second-order valence-corrected chi connectivity index (χ2v) is 5.79. The van der Waals surface area contributed by atoms with Crippen LogP contribution in [0.15, 0.2) is 0 Å². The monoisotopic (exact) mass is 210 g/mol. The lowest BCUT2D eigenvalue weighted by Crippen LogP contribution is -2.59. The van der Waals surface area contributed by atoms with Gasteiger partial charge in [-0.15, -0.1) is 0 Å². The molecule has 88 valence electrons. The highest BCUT2D eigenvalue weighted by Crippen LogP contribution is 2.35. The molecular weight excluding hydrogens is 184 g/mol. The molecule has 0 radical (unpaired) electrons. The molecule has 1 saturated carbocycles. The van der Waals surface area contributed by atoms with Crippen LogP contribution in [0.5, 0.6) is 0 Å². The highest BCUT2D eigenvalue weighted by Gasteiger charge is 2.37. The first-order chi connectivity index (χ1) is 7.18. The van der Waals surface area contributed by atoms with E-state index in [9.17, 15) is 0 Å². The summed E-state index contributed by atoms with van der Waals surface area (Å²) in [5.41, 5.74) is 0.859. The summed E-state index contributed by atoms with van der Waals surface area (Å²) >= 11 is 0. The molecule has 1 heterocycles. The molecule has 0 bridgehead atoms. The Balaban J connectivity index is 1.80. The fourth-order valence-corrected chi connectivity index (χ4v) is 2.91. The Morgan fingerprint density at radius 2 is 1.93 bits per heavy atom. The molecule has 1 aliphatic carbocycles. The molecule has 2 N–H and O–H groups in total. The summed E-state index contributed by atoms with van der Waals surface area (Å²) in [6, 6.07) is 0. The molecule has 1 unspecified atom stereocenters. The van der Waals surface area contributed by atoms with Crippen LogP contribution in [0.25, 0.3) is 0 Å². The summed E-state index contributed by atoms with van der Waals surface area (Å²) in [4.78, 5) is 0. The summed E-state index contributed by atoms with van der Waals surface area (Å²) < 4.78 is 0. The Hall–Kier alpha value is -0.0800. The highest BCUT2D eigenvalue weighted by atomic mass is 15.1. The van der Waals surface area contributed by atoms with E-state index in [0.29, 0.717) is 11.1 Å². The average molecular weight is 210 g/mol. The van der Waals surface area contributed by atoms with Gasteiger partial charge in [0.05, 0.1) is 0 Å². The van der Waals surface area contributed by atoms with Gasteiger partial charge < -0.3 is 10.6 Å². The average Bonchev–Trinajstić information content (AvgIpc) is 2.18. The van der Waals surface area contributed by atoms with Crippen molar-refractivity contribution in [2.45, 2.75) is 69.9 Å². The molecular formula is C13H26N2. The largest absolute Gasteiger partial charge is 0.310 e. The van der Waals surface area contributed by atoms with Crippen molar-refractivity contribution in [1.82, 2.24) is 10.6 Å². The van der Waals surface area contributed by atoms with E-state index in [4.69, 9.17) is 0 Å². The van der Waals surface area contributed by atoms with Gasteiger partial charge in [0, 0.05) is 17.6 Å². The van der Waals surface area contributed by atoms with E-state index in [-0.39, 0.29) is 0 Å². The topological polar surface area (TPSA) is 24.1 Å². The molecule has 2 nitrogen and oxygen atoms in total. The standard InChI is InChI=1S/C13H26N2/c1-3-13(8-6-9-13)15-11-12(2)7-4-5-10-14-12/h14-15H,3-11H2,1-2H3. The zero-order valence-corrected chi connectivity index (χ0v) is 10.4. The first kappa shape index (κ1) is 11.4. The molecule has 1 aliphatic heterocycles. The van der Waals surface area contributed by atoms with Crippen molar-refractivity contribution in [3.63, 3.8) is 0 Å². The quantitative estimate of drug-likeness (QED) is 0.745. The zero-order valence-electron chi connectivity index (χ0n) is 10.4. The smallest absolute Gasteiger partial charge is 0.0278 e. The van der Waals surface area contributed by atoms with Crippen LogP contribution in [0, 0.1) is 0 Å². The molecule has 15 heavy (non-hydrogen) atoms. The third kappa shape index (κ3) is 2.54. The van der Waals surface area contributed by atoms with Gasteiger partial charge in [0.25, 0.3) is 0 Å². The minimum Gasteiger partial charge on any atom is -0.310 e. The van der Waals surface area contributed by atoms with Crippen molar-refractivity contribution in [1.29, 1.82) is 0 Å². The minimum atomic E-state index is 0.357. The van der Waals surface area contributed by atoms with Gasteiger partial charge in [-0.3, -0.25) is 0 Å². The third-order valence-electron chi connectivity index (χ3n) is 4.55. The second kappa shape index (κ2) is 4.42. The molecule has 1 saturated heterocycles. The van der Waals surface area contributed by atoms with Gasteiger partial charge in [0.2, 0.25) is 0 Å². The summed E-state index contributed by atoms with van der Waals surface area (Å²) in [5, 5.41) is 7.51. The minimum absolute atomic E-state index is 0.357. The summed E-state index contributed by atoms with van der Waals surface area (Å²) in [5.74, 6) is 0. The van der Waals surface area contributed by atoms with E-state index in [1.54, 1.807) is 0 Å². The molecule has 0 aromatic heterocycles. The first-order valence-electron chi connectivity index (χ1n) is 6.68. The molecule has 0 aromatic rings. The maximum Gasteiger partial charge on any atom is 0.0278 e. The summed E-state index contributed by atoms with van der Waals surface area (Å²) in [7, 11) is 0. The van der Waals surface area contributed by atoms with Crippen LogP contribution in [0.4, 0.5) is 0 Å². The lowest BCUT2D eigenvalue weighted by Gasteiger charge is -2.46. The third-order valence-corrected chi connectivity index (χ3v) is 4.55. The first-order valence-corrected chi connectivity index (χ1v) is 6.68. The van der Waals surface area contributed by atoms with Gasteiger partial charge in [0.1, 0.15) is 0 Å². The molecule has 2 rings (SSSR count). The van der Waals surface area contributed by atoms with E-state index >= 15 is 0 Å². The van der Waals surface area contributed by atoms with Crippen LogP contribution >= 0.6 is 0 Å². The predicted molar refractivity (Wildman–Crippen MR) is 65.1 cm³/mol. The zero-order chi connectivity index (χ0) is 10.8.